The Kier molecular flexibility index (Phi) is 8.67. The summed E-state index contributed by atoms with van der Waals surface area (Å²) in [5.74, 6) is 0.496. The van der Waals surface area contributed by atoms with Crippen molar-refractivity contribution >= 4 is 17.9 Å². The molecule has 2 aromatic carbocycles. The van der Waals surface area contributed by atoms with E-state index in [0.29, 0.717) is 23.8 Å². The average Bonchev–Trinajstić information content (AvgIpc) is 2.82. The Morgan fingerprint density at radius 1 is 1.03 bits per heavy atom. The monoisotopic (exact) mass is 422 g/mol. The Hall–Kier alpha value is -3.12. The number of hydroxylamine groups is 1. The van der Waals surface area contributed by atoms with Gasteiger partial charge in [-0.3, -0.25) is 14.8 Å². The van der Waals surface area contributed by atoms with Gasteiger partial charge in [0.25, 0.3) is 5.91 Å². The summed E-state index contributed by atoms with van der Waals surface area (Å²) in [5.41, 5.74) is 2.93. The maximum Gasteiger partial charge on any atom is 0.274 e. The fraction of sp³-hybridized carbons (Fsp3) is 0.360. The molecule has 1 aliphatic carbocycles. The quantitative estimate of drug-likeness (QED) is 0.318. The van der Waals surface area contributed by atoms with Gasteiger partial charge in [-0.05, 0) is 48.2 Å². The van der Waals surface area contributed by atoms with Crippen molar-refractivity contribution in [1.29, 1.82) is 0 Å². The van der Waals surface area contributed by atoms with Gasteiger partial charge in [0.2, 0.25) is 5.91 Å². The predicted molar refractivity (Wildman–Crippen MR) is 120 cm³/mol. The van der Waals surface area contributed by atoms with Crippen LogP contribution in [0.2, 0.25) is 0 Å². The summed E-state index contributed by atoms with van der Waals surface area (Å²) >= 11 is 0. The fourth-order valence-corrected chi connectivity index (χ4v) is 3.94. The molecule has 164 valence electrons. The Bertz CT molecular complexity index is 859. The van der Waals surface area contributed by atoms with Crippen molar-refractivity contribution in [3.05, 3.63) is 71.8 Å². The largest absolute Gasteiger partial charge is 0.491 e. The van der Waals surface area contributed by atoms with Crippen LogP contribution < -0.4 is 15.5 Å². The molecule has 0 saturated heterocycles. The zero-order valence-electron chi connectivity index (χ0n) is 17.6. The van der Waals surface area contributed by atoms with Crippen molar-refractivity contribution in [1.82, 2.24) is 10.8 Å². The lowest BCUT2D eigenvalue weighted by Crippen LogP contribution is -2.40. The van der Waals surface area contributed by atoms with E-state index >= 15 is 0 Å². The minimum atomic E-state index is -0.570. The molecule has 3 N–H and O–H groups in total. The highest BCUT2D eigenvalue weighted by molar-refractivity contribution is 5.93. The van der Waals surface area contributed by atoms with Gasteiger partial charge in [-0.2, -0.15) is 0 Å². The number of benzene rings is 2. The number of hydrogen-bond donors (Lipinski definition) is 3. The maximum absolute atomic E-state index is 12.5. The SMILES string of the molecule is O=C(C=Cc1ccccc1)N[C@H](COc1ccc(C(=O)NO)cc1)CC1CCCCC1. The molecular formula is C25H30N2O4. The van der Waals surface area contributed by atoms with Gasteiger partial charge in [0.05, 0.1) is 6.04 Å². The molecule has 0 bridgehead atoms. The van der Waals surface area contributed by atoms with Crippen LogP contribution in [0.4, 0.5) is 0 Å². The molecule has 0 heterocycles. The van der Waals surface area contributed by atoms with Gasteiger partial charge in [0, 0.05) is 11.6 Å². The third-order valence-electron chi connectivity index (χ3n) is 5.58. The average molecular weight is 423 g/mol. The molecule has 0 radical (unpaired) electrons. The predicted octanol–water partition coefficient (Wildman–Crippen LogP) is 4.35. The molecule has 1 saturated carbocycles. The van der Waals surface area contributed by atoms with E-state index in [4.69, 9.17) is 9.94 Å². The molecule has 0 aliphatic heterocycles. The summed E-state index contributed by atoms with van der Waals surface area (Å²) in [4.78, 5) is 24.0. The molecule has 1 atom stereocenters. The van der Waals surface area contributed by atoms with E-state index in [1.807, 2.05) is 30.3 Å². The second-order valence-corrected chi connectivity index (χ2v) is 7.97. The van der Waals surface area contributed by atoms with E-state index < -0.39 is 5.91 Å². The third-order valence-corrected chi connectivity index (χ3v) is 5.58. The standard InChI is InChI=1S/C25H30N2O4/c28-24(16-11-19-7-3-1-4-8-19)26-22(17-20-9-5-2-6-10-20)18-31-23-14-12-21(13-15-23)25(29)27-30/h1,3-4,7-8,11-16,20,22,30H,2,5-6,9-10,17-18H2,(H,26,28)(H,27,29)/t22-/m0/s1. The maximum atomic E-state index is 12.5. The number of carbonyl (C=O) groups excluding carboxylic acids is 2. The van der Waals surface area contributed by atoms with Gasteiger partial charge in [0.15, 0.2) is 0 Å². The highest BCUT2D eigenvalue weighted by atomic mass is 16.5. The van der Waals surface area contributed by atoms with Crippen molar-refractivity contribution in [3.63, 3.8) is 0 Å². The summed E-state index contributed by atoms with van der Waals surface area (Å²) in [6.45, 7) is 0.354. The zero-order chi connectivity index (χ0) is 21.9. The van der Waals surface area contributed by atoms with Crippen molar-refractivity contribution in [2.75, 3.05) is 6.61 Å². The van der Waals surface area contributed by atoms with Crippen molar-refractivity contribution < 1.29 is 19.5 Å². The summed E-state index contributed by atoms with van der Waals surface area (Å²) in [6, 6.07) is 16.1. The Labute approximate surface area is 183 Å². The number of rotatable bonds is 9. The molecule has 3 rings (SSSR count). The zero-order valence-corrected chi connectivity index (χ0v) is 17.6. The van der Waals surface area contributed by atoms with E-state index in [1.54, 1.807) is 41.9 Å². The molecule has 31 heavy (non-hydrogen) atoms. The lowest BCUT2D eigenvalue weighted by Gasteiger charge is -2.27. The van der Waals surface area contributed by atoms with Crippen LogP contribution in [-0.4, -0.2) is 29.7 Å². The molecule has 1 fully saturated rings. The molecule has 2 aromatic rings. The minimum Gasteiger partial charge on any atom is -0.491 e. The molecule has 0 spiro atoms. The van der Waals surface area contributed by atoms with Crippen LogP contribution in [0.3, 0.4) is 0 Å². The first-order chi connectivity index (χ1) is 15.1. The number of carbonyl (C=O) groups is 2. The fourth-order valence-electron chi connectivity index (χ4n) is 3.94. The van der Waals surface area contributed by atoms with Crippen LogP contribution in [0.15, 0.2) is 60.7 Å². The van der Waals surface area contributed by atoms with Crippen LogP contribution in [0, 0.1) is 5.92 Å². The van der Waals surface area contributed by atoms with Crippen LogP contribution in [0.1, 0.15) is 54.4 Å². The van der Waals surface area contributed by atoms with E-state index in [-0.39, 0.29) is 11.9 Å². The first kappa shape index (κ1) is 22.6. The lowest BCUT2D eigenvalue weighted by molar-refractivity contribution is -0.117. The first-order valence-electron chi connectivity index (χ1n) is 10.8. The van der Waals surface area contributed by atoms with Gasteiger partial charge in [0.1, 0.15) is 12.4 Å². The summed E-state index contributed by atoms with van der Waals surface area (Å²) in [6.07, 6.45) is 10.4. The van der Waals surface area contributed by atoms with E-state index in [9.17, 15) is 9.59 Å². The highest BCUT2D eigenvalue weighted by Crippen LogP contribution is 2.27. The molecular weight excluding hydrogens is 392 g/mol. The first-order valence-corrected chi connectivity index (χ1v) is 10.8. The van der Waals surface area contributed by atoms with Gasteiger partial charge < -0.3 is 10.1 Å². The third kappa shape index (κ3) is 7.57. The van der Waals surface area contributed by atoms with Crippen LogP contribution in [0.25, 0.3) is 6.08 Å². The molecule has 1 aliphatic rings. The Balaban J connectivity index is 1.59. The molecule has 0 unspecified atom stereocenters. The van der Waals surface area contributed by atoms with Gasteiger partial charge >= 0.3 is 0 Å². The van der Waals surface area contributed by atoms with Gasteiger partial charge in [-0.1, -0.05) is 62.4 Å². The van der Waals surface area contributed by atoms with Crippen molar-refractivity contribution in [2.45, 2.75) is 44.6 Å². The number of nitrogens with one attached hydrogen (secondary N) is 2. The highest BCUT2D eigenvalue weighted by Gasteiger charge is 2.20. The smallest absolute Gasteiger partial charge is 0.274 e. The second-order valence-electron chi connectivity index (χ2n) is 7.97. The number of amides is 2. The van der Waals surface area contributed by atoms with Crippen molar-refractivity contribution in [3.8, 4) is 5.75 Å². The Morgan fingerprint density at radius 3 is 2.42 bits per heavy atom. The molecule has 6 heteroatoms. The van der Waals surface area contributed by atoms with E-state index in [0.717, 1.165) is 12.0 Å². The minimum absolute atomic E-state index is 0.101. The second kappa shape index (κ2) is 11.9. The van der Waals surface area contributed by atoms with Gasteiger partial charge in [-0.25, -0.2) is 5.48 Å². The summed E-state index contributed by atoms with van der Waals surface area (Å²) in [7, 11) is 0. The number of ether oxygens (including phenoxy) is 1. The molecule has 6 nitrogen and oxygen atoms in total. The van der Waals surface area contributed by atoms with Crippen molar-refractivity contribution in [2.24, 2.45) is 5.92 Å². The van der Waals surface area contributed by atoms with Gasteiger partial charge in [-0.15, -0.1) is 0 Å². The van der Waals surface area contributed by atoms with Crippen LogP contribution >= 0.6 is 0 Å². The van der Waals surface area contributed by atoms with E-state index in [1.165, 1.54) is 32.1 Å². The summed E-state index contributed by atoms with van der Waals surface area (Å²) < 4.78 is 5.91. The lowest BCUT2D eigenvalue weighted by atomic mass is 9.85. The Morgan fingerprint density at radius 2 is 1.74 bits per heavy atom. The summed E-state index contributed by atoms with van der Waals surface area (Å²) in [5, 5.41) is 11.8. The molecule has 2 amide bonds. The normalized spacial score (nSPS) is 15.4. The van der Waals surface area contributed by atoms with E-state index in [2.05, 4.69) is 5.32 Å². The van der Waals surface area contributed by atoms with Crippen LogP contribution in [0.5, 0.6) is 5.75 Å². The number of hydrogen-bond acceptors (Lipinski definition) is 4. The molecule has 0 aromatic heterocycles. The van der Waals surface area contributed by atoms with Crippen LogP contribution in [-0.2, 0) is 4.79 Å². The topological polar surface area (TPSA) is 87.7 Å².